The van der Waals surface area contributed by atoms with E-state index in [-0.39, 0.29) is 11.7 Å². The first-order chi connectivity index (χ1) is 14.1. The van der Waals surface area contributed by atoms with Gasteiger partial charge in [0.25, 0.3) is 5.91 Å². The van der Waals surface area contributed by atoms with E-state index < -0.39 is 11.7 Å². The summed E-state index contributed by atoms with van der Waals surface area (Å²) in [5.74, 6) is -0.989. The van der Waals surface area contributed by atoms with Gasteiger partial charge < -0.3 is 15.2 Å². The highest BCUT2D eigenvalue weighted by Gasteiger charge is 2.14. The van der Waals surface area contributed by atoms with Gasteiger partial charge in [0, 0.05) is 12.2 Å². The van der Waals surface area contributed by atoms with Gasteiger partial charge in [-0.05, 0) is 36.4 Å². The van der Waals surface area contributed by atoms with E-state index in [0.717, 1.165) is 0 Å². The van der Waals surface area contributed by atoms with Crippen molar-refractivity contribution >= 4 is 35.0 Å². The minimum atomic E-state index is -0.411. The highest BCUT2D eigenvalue weighted by atomic mass is 32.2. The SMILES string of the molecule is C=CCn1cnnc1SCC(=O)Nc1ccccc1C(=O)Nc1ccc(F)cc1. The lowest BCUT2D eigenvalue weighted by atomic mass is 10.1. The Kier molecular flexibility index (Phi) is 6.75. The Morgan fingerprint density at radius 1 is 1.14 bits per heavy atom. The Bertz CT molecular complexity index is 1020. The molecule has 0 spiro atoms. The number of halogens is 1. The molecule has 0 radical (unpaired) electrons. The van der Waals surface area contributed by atoms with Crippen LogP contribution in [0.5, 0.6) is 0 Å². The van der Waals surface area contributed by atoms with E-state index in [9.17, 15) is 14.0 Å². The molecule has 0 saturated carbocycles. The summed E-state index contributed by atoms with van der Waals surface area (Å²) in [5.41, 5.74) is 1.13. The van der Waals surface area contributed by atoms with Gasteiger partial charge >= 0.3 is 0 Å². The van der Waals surface area contributed by atoms with Crippen LogP contribution in [-0.2, 0) is 11.3 Å². The first-order valence-electron chi connectivity index (χ1n) is 8.64. The summed E-state index contributed by atoms with van der Waals surface area (Å²) >= 11 is 1.23. The first-order valence-corrected chi connectivity index (χ1v) is 9.62. The van der Waals surface area contributed by atoms with Crippen molar-refractivity contribution in [2.75, 3.05) is 16.4 Å². The fourth-order valence-corrected chi connectivity index (χ4v) is 3.18. The van der Waals surface area contributed by atoms with Crippen molar-refractivity contribution in [3.05, 3.63) is 78.9 Å². The molecule has 0 aliphatic carbocycles. The number of anilines is 2. The maximum absolute atomic E-state index is 13.0. The van der Waals surface area contributed by atoms with Gasteiger partial charge in [0.1, 0.15) is 12.1 Å². The Labute approximate surface area is 171 Å². The summed E-state index contributed by atoms with van der Waals surface area (Å²) in [6.45, 7) is 4.21. The second-order valence-electron chi connectivity index (χ2n) is 5.90. The third kappa shape index (κ3) is 5.52. The normalized spacial score (nSPS) is 10.4. The number of carbonyl (C=O) groups is 2. The van der Waals surface area contributed by atoms with Crippen LogP contribution in [0.2, 0.25) is 0 Å². The molecular weight excluding hydrogens is 393 g/mol. The number of hydrogen-bond acceptors (Lipinski definition) is 5. The summed E-state index contributed by atoms with van der Waals surface area (Å²) < 4.78 is 14.8. The van der Waals surface area contributed by atoms with Crippen LogP contribution in [0.4, 0.5) is 15.8 Å². The Hall–Kier alpha value is -3.46. The summed E-state index contributed by atoms with van der Waals surface area (Å²) in [6.07, 6.45) is 3.28. The molecule has 9 heteroatoms. The predicted octanol–water partition coefficient (Wildman–Crippen LogP) is 3.59. The van der Waals surface area contributed by atoms with Gasteiger partial charge in [0.05, 0.1) is 17.0 Å². The monoisotopic (exact) mass is 411 g/mol. The van der Waals surface area contributed by atoms with E-state index in [1.807, 2.05) is 0 Å². The molecule has 0 saturated heterocycles. The van der Waals surface area contributed by atoms with Gasteiger partial charge in [-0.1, -0.05) is 30.0 Å². The van der Waals surface area contributed by atoms with Crippen LogP contribution in [0.25, 0.3) is 0 Å². The number of carbonyl (C=O) groups excluding carboxylic acids is 2. The molecular formula is C20H18FN5O2S. The average molecular weight is 411 g/mol. The standard InChI is InChI=1S/C20H18FN5O2S/c1-2-11-26-13-22-25-20(26)29-12-18(27)24-17-6-4-3-5-16(17)19(28)23-15-9-7-14(21)8-10-15/h2-10,13H,1,11-12H2,(H,23,28)(H,24,27). The summed E-state index contributed by atoms with van der Waals surface area (Å²) in [5, 5.41) is 13.8. The zero-order chi connectivity index (χ0) is 20.6. The first kappa shape index (κ1) is 20.3. The smallest absolute Gasteiger partial charge is 0.257 e. The van der Waals surface area contributed by atoms with Crippen LogP contribution in [0, 0.1) is 5.82 Å². The van der Waals surface area contributed by atoms with Crippen molar-refractivity contribution in [2.24, 2.45) is 0 Å². The third-order valence-electron chi connectivity index (χ3n) is 3.79. The molecule has 0 aliphatic heterocycles. The maximum atomic E-state index is 13.0. The number of rotatable bonds is 8. The van der Waals surface area contributed by atoms with E-state index in [1.54, 1.807) is 41.2 Å². The number of para-hydroxylation sites is 1. The topological polar surface area (TPSA) is 88.9 Å². The average Bonchev–Trinajstić information content (AvgIpc) is 3.16. The molecule has 0 fully saturated rings. The van der Waals surface area contributed by atoms with Crippen LogP contribution in [-0.4, -0.2) is 32.3 Å². The van der Waals surface area contributed by atoms with Crippen LogP contribution >= 0.6 is 11.8 Å². The van der Waals surface area contributed by atoms with E-state index >= 15 is 0 Å². The molecule has 148 valence electrons. The largest absolute Gasteiger partial charge is 0.325 e. The lowest BCUT2D eigenvalue weighted by Crippen LogP contribution is -2.19. The Balaban J connectivity index is 1.64. The van der Waals surface area contributed by atoms with E-state index in [0.29, 0.717) is 28.6 Å². The number of benzene rings is 2. The second-order valence-corrected chi connectivity index (χ2v) is 6.84. The maximum Gasteiger partial charge on any atom is 0.257 e. The zero-order valence-electron chi connectivity index (χ0n) is 15.3. The molecule has 2 aromatic carbocycles. The van der Waals surface area contributed by atoms with Crippen molar-refractivity contribution in [3.8, 4) is 0 Å². The van der Waals surface area contributed by atoms with E-state index in [4.69, 9.17) is 0 Å². The molecule has 2 amide bonds. The number of nitrogens with one attached hydrogen (secondary N) is 2. The highest BCUT2D eigenvalue weighted by molar-refractivity contribution is 7.99. The fourth-order valence-electron chi connectivity index (χ4n) is 2.46. The fraction of sp³-hybridized carbons (Fsp3) is 0.100. The van der Waals surface area contributed by atoms with Crippen LogP contribution < -0.4 is 10.6 Å². The van der Waals surface area contributed by atoms with Crippen molar-refractivity contribution < 1.29 is 14.0 Å². The lowest BCUT2D eigenvalue weighted by Gasteiger charge is -2.11. The number of allylic oxidation sites excluding steroid dienone is 1. The van der Waals surface area contributed by atoms with Crippen molar-refractivity contribution in [1.29, 1.82) is 0 Å². The molecule has 3 rings (SSSR count). The summed E-state index contributed by atoms with van der Waals surface area (Å²) in [4.78, 5) is 24.9. The van der Waals surface area contributed by atoms with Gasteiger partial charge in [0.15, 0.2) is 5.16 Å². The molecule has 3 aromatic rings. The van der Waals surface area contributed by atoms with Gasteiger partial charge in [-0.2, -0.15) is 0 Å². The lowest BCUT2D eigenvalue weighted by molar-refractivity contribution is -0.113. The van der Waals surface area contributed by atoms with E-state index in [1.165, 1.54) is 36.0 Å². The van der Waals surface area contributed by atoms with Crippen molar-refractivity contribution in [1.82, 2.24) is 14.8 Å². The van der Waals surface area contributed by atoms with Gasteiger partial charge in [-0.3, -0.25) is 9.59 Å². The second kappa shape index (κ2) is 9.65. The number of amides is 2. The van der Waals surface area contributed by atoms with Crippen LogP contribution in [0.15, 0.2) is 72.7 Å². The molecule has 0 bridgehead atoms. The van der Waals surface area contributed by atoms with Crippen molar-refractivity contribution in [3.63, 3.8) is 0 Å². The number of hydrogen-bond donors (Lipinski definition) is 2. The third-order valence-corrected chi connectivity index (χ3v) is 4.77. The minimum absolute atomic E-state index is 0.101. The number of nitrogens with zero attached hydrogens (tertiary/aromatic N) is 3. The molecule has 0 atom stereocenters. The molecule has 2 N–H and O–H groups in total. The minimum Gasteiger partial charge on any atom is -0.325 e. The molecule has 7 nitrogen and oxygen atoms in total. The molecule has 29 heavy (non-hydrogen) atoms. The predicted molar refractivity (Wildman–Crippen MR) is 110 cm³/mol. The zero-order valence-corrected chi connectivity index (χ0v) is 16.2. The molecule has 0 aliphatic rings. The van der Waals surface area contributed by atoms with Crippen LogP contribution in [0.3, 0.4) is 0 Å². The van der Waals surface area contributed by atoms with E-state index in [2.05, 4.69) is 27.4 Å². The summed E-state index contributed by atoms with van der Waals surface area (Å²) in [6, 6.07) is 12.1. The Morgan fingerprint density at radius 2 is 1.90 bits per heavy atom. The molecule has 1 heterocycles. The van der Waals surface area contributed by atoms with Crippen molar-refractivity contribution in [2.45, 2.75) is 11.7 Å². The Morgan fingerprint density at radius 3 is 2.66 bits per heavy atom. The number of aromatic nitrogens is 3. The highest BCUT2D eigenvalue weighted by Crippen LogP contribution is 2.20. The molecule has 0 unspecified atom stereocenters. The van der Waals surface area contributed by atoms with Crippen LogP contribution in [0.1, 0.15) is 10.4 Å². The van der Waals surface area contributed by atoms with Gasteiger partial charge in [-0.25, -0.2) is 4.39 Å². The van der Waals surface area contributed by atoms with Gasteiger partial charge in [0.2, 0.25) is 5.91 Å². The number of thioether (sulfide) groups is 1. The molecule has 1 aromatic heterocycles. The van der Waals surface area contributed by atoms with Gasteiger partial charge in [-0.15, -0.1) is 16.8 Å². The summed E-state index contributed by atoms with van der Waals surface area (Å²) in [7, 11) is 0. The quantitative estimate of drug-likeness (QED) is 0.437.